The SMILES string of the molecule is CCCOc1cccc(C(O)Cc2ncnn2C)c1. The van der Waals surface area contributed by atoms with Crippen molar-refractivity contribution in [3.05, 3.63) is 42.0 Å². The van der Waals surface area contributed by atoms with E-state index in [9.17, 15) is 5.11 Å². The molecule has 0 aliphatic heterocycles. The summed E-state index contributed by atoms with van der Waals surface area (Å²) < 4.78 is 7.23. The molecule has 0 amide bonds. The third-order valence-electron chi connectivity index (χ3n) is 2.90. The third kappa shape index (κ3) is 3.54. The summed E-state index contributed by atoms with van der Waals surface area (Å²) in [5.74, 6) is 1.55. The second-order valence-corrected chi connectivity index (χ2v) is 4.44. The van der Waals surface area contributed by atoms with Gasteiger partial charge in [0.05, 0.1) is 12.7 Å². The second-order valence-electron chi connectivity index (χ2n) is 4.44. The molecule has 2 rings (SSSR count). The average molecular weight is 261 g/mol. The Kier molecular flexibility index (Phi) is 4.52. The van der Waals surface area contributed by atoms with Gasteiger partial charge in [0.2, 0.25) is 0 Å². The first-order chi connectivity index (χ1) is 9.20. The van der Waals surface area contributed by atoms with Crippen LogP contribution in [0.5, 0.6) is 5.75 Å². The van der Waals surface area contributed by atoms with Crippen LogP contribution in [-0.4, -0.2) is 26.5 Å². The first kappa shape index (κ1) is 13.5. The lowest BCUT2D eigenvalue weighted by Gasteiger charge is -2.12. The van der Waals surface area contributed by atoms with Crippen molar-refractivity contribution in [1.29, 1.82) is 0 Å². The van der Waals surface area contributed by atoms with Crippen molar-refractivity contribution in [2.75, 3.05) is 6.61 Å². The predicted octanol–water partition coefficient (Wildman–Crippen LogP) is 1.88. The van der Waals surface area contributed by atoms with E-state index in [1.54, 1.807) is 4.68 Å². The zero-order valence-electron chi connectivity index (χ0n) is 11.3. The van der Waals surface area contributed by atoms with Crippen LogP contribution in [0.3, 0.4) is 0 Å². The number of aryl methyl sites for hydroxylation is 1. The molecular weight excluding hydrogens is 242 g/mol. The molecule has 0 bridgehead atoms. The van der Waals surface area contributed by atoms with Crippen molar-refractivity contribution in [3.63, 3.8) is 0 Å². The lowest BCUT2D eigenvalue weighted by Crippen LogP contribution is -2.08. The molecule has 0 spiro atoms. The molecule has 1 aromatic heterocycles. The fourth-order valence-corrected chi connectivity index (χ4v) is 1.83. The summed E-state index contributed by atoms with van der Waals surface area (Å²) in [6.45, 7) is 2.75. The van der Waals surface area contributed by atoms with Gasteiger partial charge in [0.25, 0.3) is 0 Å². The Balaban J connectivity index is 2.06. The van der Waals surface area contributed by atoms with E-state index in [1.165, 1.54) is 6.33 Å². The van der Waals surface area contributed by atoms with E-state index >= 15 is 0 Å². The van der Waals surface area contributed by atoms with Gasteiger partial charge in [-0.1, -0.05) is 19.1 Å². The zero-order valence-corrected chi connectivity index (χ0v) is 11.3. The summed E-state index contributed by atoms with van der Waals surface area (Å²) in [4.78, 5) is 4.11. The third-order valence-corrected chi connectivity index (χ3v) is 2.90. The highest BCUT2D eigenvalue weighted by Gasteiger charge is 2.12. The van der Waals surface area contributed by atoms with Gasteiger partial charge in [-0.25, -0.2) is 4.98 Å². The number of nitrogens with zero attached hydrogens (tertiary/aromatic N) is 3. The first-order valence-electron chi connectivity index (χ1n) is 6.44. The maximum Gasteiger partial charge on any atom is 0.138 e. The highest BCUT2D eigenvalue weighted by molar-refractivity contribution is 5.30. The molecule has 5 nitrogen and oxygen atoms in total. The number of hydrogen-bond acceptors (Lipinski definition) is 4. The minimum absolute atomic E-state index is 0.438. The quantitative estimate of drug-likeness (QED) is 0.862. The molecule has 1 heterocycles. The second kappa shape index (κ2) is 6.33. The molecule has 19 heavy (non-hydrogen) atoms. The highest BCUT2D eigenvalue weighted by atomic mass is 16.5. The number of rotatable bonds is 6. The van der Waals surface area contributed by atoms with Crippen LogP contribution in [0.15, 0.2) is 30.6 Å². The number of aromatic nitrogens is 3. The van der Waals surface area contributed by atoms with Gasteiger partial charge >= 0.3 is 0 Å². The number of aliphatic hydroxyl groups excluding tert-OH is 1. The normalized spacial score (nSPS) is 12.4. The summed E-state index contributed by atoms with van der Waals surface area (Å²) in [5.41, 5.74) is 0.830. The Labute approximate surface area is 112 Å². The molecule has 0 saturated carbocycles. The van der Waals surface area contributed by atoms with Crippen LogP contribution in [0.25, 0.3) is 0 Å². The van der Waals surface area contributed by atoms with Gasteiger partial charge < -0.3 is 9.84 Å². The lowest BCUT2D eigenvalue weighted by molar-refractivity contribution is 0.174. The molecule has 1 aromatic carbocycles. The van der Waals surface area contributed by atoms with Gasteiger partial charge in [0.1, 0.15) is 17.9 Å². The van der Waals surface area contributed by atoms with Crippen LogP contribution in [0, 0.1) is 0 Å². The number of benzene rings is 1. The van der Waals surface area contributed by atoms with Gasteiger partial charge in [0.15, 0.2) is 0 Å². The molecule has 0 aliphatic rings. The monoisotopic (exact) mass is 261 g/mol. The molecular formula is C14H19N3O2. The van der Waals surface area contributed by atoms with Crippen LogP contribution in [0.2, 0.25) is 0 Å². The predicted molar refractivity (Wildman–Crippen MR) is 71.9 cm³/mol. The Morgan fingerprint density at radius 2 is 2.26 bits per heavy atom. The summed E-state index contributed by atoms with van der Waals surface area (Å²) in [6, 6.07) is 7.55. The van der Waals surface area contributed by atoms with E-state index in [1.807, 2.05) is 31.3 Å². The van der Waals surface area contributed by atoms with E-state index in [-0.39, 0.29) is 0 Å². The van der Waals surface area contributed by atoms with E-state index < -0.39 is 6.10 Å². The minimum Gasteiger partial charge on any atom is -0.494 e. The molecule has 0 fully saturated rings. The largest absolute Gasteiger partial charge is 0.494 e. The molecule has 0 radical (unpaired) electrons. The lowest BCUT2D eigenvalue weighted by atomic mass is 10.1. The fraction of sp³-hybridized carbons (Fsp3) is 0.429. The molecule has 1 unspecified atom stereocenters. The summed E-state index contributed by atoms with van der Waals surface area (Å²) in [7, 11) is 1.82. The van der Waals surface area contributed by atoms with Gasteiger partial charge in [-0.3, -0.25) is 4.68 Å². The van der Waals surface area contributed by atoms with Gasteiger partial charge in [-0.2, -0.15) is 5.10 Å². The van der Waals surface area contributed by atoms with E-state index in [0.717, 1.165) is 23.6 Å². The molecule has 0 saturated heterocycles. The summed E-state index contributed by atoms with van der Waals surface area (Å²) in [6.07, 6.45) is 2.29. The Morgan fingerprint density at radius 3 is 2.95 bits per heavy atom. The molecule has 5 heteroatoms. The molecule has 1 atom stereocenters. The van der Waals surface area contributed by atoms with Crippen molar-refractivity contribution in [2.45, 2.75) is 25.9 Å². The standard InChI is InChI=1S/C14H19N3O2/c1-3-7-19-12-6-4-5-11(8-12)13(18)9-14-15-10-16-17(14)2/h4-6,8,10,13,18H,3,7,9H2,1-2H3. The summed E-state index contributed by atoms with van der Waals surface area (Å²) in [5, 5.41) is 14.2. The number of hydrogen-bond donors (Lipinski definition) is 1. The van der Waals surface area contributed by atoms with Crippen LogP contribution in [0.4, 0.5) is 0 Å². The average Bonchev–Trinajstić information content (AvgIpc) is 2.82. The highest BCUT2D eigenvalue weighted by Crippen LogP contribution is 2.21. The van der Waals surface area contributed by atoms with Crippen molar-refractivity contribution in [3.8, 4) is 5.75 Å². The van der Waals surface area contributed by atoms with E-state index in [4.69, 9.17) is 4.74 Å². The van der Waals surface area contributed by atoms with Crippen LogP contribution >= 0.6 is 0 Å². The van der Waals surface area contributed by atoms with Crippen LogP contribution in [0.1, 0.15) is 30.8 Å². The van der Waals surface area contributed by atoms with Crippen molar-refractivity contribution < 1.29 is 9.84 Å². The smallest absolute Gasteiger partial charge is 0.138 e. The van der Waals surface area contributed by atoms with Crippen molar-refractivity contribution in [1.82, 2.24) is 14.8 Å². The van der Waals surface area contributed by atoms with Crippen molar-refractivity contribution in [2.24, 2.45) is 7.05 Å². The zero-order chi connectivity index (χ0) is 13.7. The molecule has 1 N–H and O–H groups in total. The Hall–Kier alpha value is -1.88. The van der Waals surface area contributed by atoms with Crippen LogP contribution in [-0.2, 0) is 13.5 Å². The number of aliphatic hydroxyl groups is 1. The topological polar surface area (TPSA) is 60.2 Å². The molecule has 0 aliphatic carbocycles. The van der Waals surface area contributed by atoms with Gasteiger partial charge in [-0.15, -0.1) is 0 Å². The van der Waals surface area contributed by atoms with Gasteiger partial charge in [0, 0.05) is 13.5 Å². The maximum absolute atomic E-state index is 10.2. The minimum atomic E-state index is -0.604. The molecule has 102 valence electrons. The van der Waals surface area contributed by atoms with Crippen molar-refractivity contribution >= 4 is 0 Å². The first-order valence-corrected chi connectivity index (χ1v) is 6.44. The van der Waals surface area contributed by atoms with E-state index in [0.29, 0.717) is 13.0 Å². The van der Waals surface area contributed by atoms with Crippen LogP contribution < -0.4 is 4.74 Å². The van der Waals surface area contributed by atoms with E-state index in [2.05, 4.69) is 17.0 Å². The Morgan fingerprint density at radius 1 is 1.42 bits per heavy atom. The molecule has 2 aromatic rings. The summed E-state index contributed by atoms with van der Waals surface area (Å²) >= 11 is 0. The fourth-order valence-electron chi connectivity index (χ4n) is 1.83. The maximum atomic E-state index is 10.2. The van der Waals surface area contributed by atoms with Gasteiger partial charge in [-0.05, 0) is 24.1 Å². The Bertz CT molecular complexity index is 525. The number of ether oxygens (including phenoxy) is 1.